The summed E-state index contributed by atoms with van der Waals surface area (Å²) in [4.78, 5) is 35.9. The van der Waals surface area contributed by atoms with Crippen LogP contribution in [0.25, 0.3) is 0 Å². The minimum Gasteiger partial charge on any atom is -0.376 e. The van der Waals surface area contributed by atoms with Gasteiger partial charge in [0.2, 0.25) is 11.9 Å². The maximum absolute atomic E-state index is 12.7. The molecule has 9 nitrogen and oxygen atoms in total. The monoisotopic (exact) mass is 505 g/mol. The van der Waals surface area contributed by atoms with Crippen molar-refractivity contribution in [2.75, 3.05) is 44.4 Å². The van der Waals surface area contributed by atoms with E-state index in [2.05, 4.69) is 20.6 Å². The predicted octanol–water partition coefficient (Wildman–Crippen LogP) is 3.21. The van der Waals surface area contributed by atoms with Crippen LogP contribution in [0.15, 0.2) is 35.1 Å². The van der Waals surface area contributed by atoms with Gasteiger partial charge in [-0.1, -0.05) is 35.3 Å². The van der Waals surface area contributed by atoms with Crippen molar-refractivity contribution in [2.24, 2.45) is 0 Å². The maximum atomic E-state index is 12.7. The summed E-state index contributed by atoms with van der Waals surface area (Å²) in [7, 11) is 3.90. The third kappa shape index (κ3) is 7.06. The maximum Gasteiger partial charge on any atom is 0.276 e. The van der Waals surface area contributed by atoms with Crippen molar-refractivity contribution in [3.05, 3.63) is 62.0 Å². The molecule has 1 aliphatic heterocycles. The first-order chi connectivity index (χ1) is 16.3. The van der Waals surface area contributed by atoms with Crippen molar-refractivity contribution in [3.8, 4) is 0 Å². The van der Waals surface area contributed by atoms with E-state index >= 15 is 0 Å². The average Bonchev–Trinajstić information content (AvgIpc) is 2.81. The first kappa shape index (κ1) is 25.7. The normalized spacial score (nSPS) is 14.6. The highest BCUT2D eigenvalue weighted by molar-refractivity contribution is 6.42. The van der Waals surface area contributed by atoms with E-state index in [0.717, 1.165) is 11.8 Å². The number of amides is 1. The van der Waals surface area contributed by atoms with E-state index in [9.17, 15) is 9.59 Å². The summed E-state index contributed by atoms with van der Waals surface area (Å²) in [5, 5.41) is 14.9. The number of H-pyrrole nitrogens is 1. The quantitative estimate of drug-likeness (QED) is 0.307. The van der Waals surface area contributed by atoms with Crippen LogP contribution in [0.2, 0.25) is 10.0 Å². The second-order valence-electron chi connectivity index (χ2n) is 8.33. The zero-order valence-corrected chi connectivity index (χ0v) is 20.7. The van der Waals surface area contributed by atoms with Gasteiger partial charge in [0.15, 0.2) is 0 Å². The summed E-state index contributed by atoms with van der Waals surface area (Å²) < 4.78 is 0. The van der Waals surface area contributed by atoms with E-state index in [1.165, 1.54) is 0 Å². The number of hydrogen-bond acceptors (Lipinski definition) is 7. The van der Waals surface area contributed by atoms with Crippen molar-refractivity contribution in [1.82, 2.24) is 19.8 Å². The average molecular weight is 506 g/mol. The first-order valence-corrected chi connectivity index (χ1v) is 11.7. The SMILES string of the molecule is CN(C)C/C=C/C(=O)N1CCC(Nc2c(C=N)nc(NCc3ccc(Cl)c(Cl)c3)[nH]c2=O)CC1. The molecule has 0 spiro atoms. The van der Waals surface area contributed by atoms with Crippen LogP contribution in [-0.2, 0) is 11.3 Å². The van der Waals surface area contributed by atoms with Crippen molar-refractivity contribution in [3.63, 3.8) is 0 Å². The fourth-order valence-electron chi connectivity index (χ4n) is 3.57. The van der Waals surface area contributed by atoms with E-state index in [-0.39, 0.29) is 34.8 Å². The van der Waals surface area contributed by atoms with Crippen LogP contribution in [-0.4, -0.2) is 71.7 Å². The second-order valence-corrected chi connectivity index (χ2v) is 9.14. The van der Waals surface area contributed by atoms with Crippen LogP contribution < -0.4 is 16.2 Å². The van der Waals surface area contributed by atoms with Crippen LogP contribution >= 0.6 is 23.2 Å². The van der Waals surface area contributed by atoms with Gasteiger partial charge in [0, 0.05) is 44.5 Å². The Morgan fingerprint density at radius 2 is 2.03 bits per heavy atom. The van der Waals surface area contributed by atoms with E-state index in [1.807, 2.05) is 31.1 Å². The number of nitrogens with one attached hydrogen (secondary N) is 4. The number of likely N-dealkylation sites (tertiary alicyclic amines) is 1. The van der Waals surface area contributed by atoms with E-state index in [1.54, 1.807) is 23.1 Å². The second kappa shape index (κ2) is 12.0. The Hall–Kier alpha value is -2.88. The molecule has 34 heavy (non-hydrogen) atoms. The molecular formula is C23H29Cl2N7O2. The number of nitrogens with zero attached hydrogens (tertiary/aromatic N) is 3. The highest BCUT2D eigenvalue weighted by Crippen LogP contribution is 2.23. The third-order valence-electron chi connectivity index (χ3n) is 5.41. The van der Waals surface area contributed by atoms with E-state index in [4.69, 9.17) is 28.6 Å². The number of rotatable bonds is 9. The minimum atomic E-state index is -0.365. The Morgan fingerprint density at radius 1 is 1.29 bits per heavy atom. The molecule has 11 heteroatoms. The first-order valence-electron chi connectivity index (χ1n) is 11.0. The lowest BCUT2D eigenvalue weighted by Crippen LogP contribution is -2.42. The van der Waals surface area contributed by atoms with Gasteiger partial charge >= 0.3 is 0 Å². The van der Waals surface area contributed by atoms with Gasteiger partial charge in [-0.2, -0.15) is 0 Å². The van der Waals surface area contributed by atoms with Crippen LogP contribution in [0.5, 0.6) is 0 Å². The molecule has 0 atom stereocenters. The van der Waals surface area contributed by atoms with E-state index < -0.39 is 0 Å². The lowest BCUT2D eigenvalue weighted by atomic mass is 10.0. The lowest BCUT2D eigenvalue weighted by molar-refractivity contribution is -0.126. The molecular weight excluding hydrogens is 477 g/mol. The fraction of sp³-hybridized carbons (Fsp3) is 0.391. The molecule has 3 rings (SSSR count). The van der Waals surface area contributed by atoms with Gasteiger partial charge in [0.25, 0.3) is 5.56 Å². The number of aromatic nitrogens is 2. The van der Waals surface area contributed by atoms with Gasteiger partial charge in [-0.25, -0.2) is 4.98 Å². The number of benzene rings is 1. The Bertz CT molecular complexity index is 1110. The van der Waals surface area contributed by atoms with Crippen LogP contribution in [0, 0.1) is 5.41 Å². The number of piperidine rings is 1. The molecule has 182 valence electrons. The zero-order valence-electron chi connectivity index (χ0n) is 19.2. The molecule has 0 radical (unpaired) electrons. The number of aromatic amines is 1. The number of halogens is 2. The molecule has 0 aliphatic carbocycles. The number of anilines is 2. The Morgan fingerprint density at radius 3 is 2.68 bits per heavy atom. The Labute approximate surface area is 208 Å². The van der Waals surface area contributed by atoms with Crippen molar-refractivity contribution < 1.29 is 4.79 Å². The van der Waals surface area contributed by atoms with Gasteiger partial charge in [-0.05, 0) is 44.6 Å². The van der Waals surface area contributed by atoms with Crippen LogP contribution in [0.3, 0.4) is 0 Å². The molecule has 4 N–H and O–H groups in total. The van der Waals surface area contributed by atoms with E-state index in [0.29, 0.717) is 49.1 Å². The molecule has 1 saturated heterocycles. The van der Waals surface area contributed by atoms with Gasteiger partial charge in [0.05, 0.1) is 10.0 Å². The smallest absolute Gasteiger partial charge is 0.276 e. The van der Waals surface area contributed by atoms with Gasteiger partial charge in [-0.15, -0.1) is 0 Å². The van der Waals surface area contributed by atoms with Gasteiger partial charge < -0.3 is 25.8 Å². The summed E-state index contributed by atoms with van der Waals surface area (Å²) in [6, 6.07) is 5.26. The fourth-order valence-corrected chi connectivity index (χ4v) is 3.89. The number of hydrogen-bond donors (Lipinski definition) is 4. The molecule has 1 aromatic carbocycles. The Kier molecular flexibility index (Phi) is 9.09. The highest BCUT2D eigenvalue weighted by Gasteiger charge is 2.23. The molecule has 0 unspecified atom stereocenters. The summed E-state index contributed by atoms with van der Waals surface area (Å²) in [6.45, 7) is 2.28. The molecule has 2 heterocycles. The lowest BCUT2D eigenvalue weighted by Gasteiger charge is -2.32. The number of likely N-dealkylation sites (N-methyl/N-ethyl adjacent to an activating group) is 1. The molecule has 0 bridgehead atoms. The summed E-state index contributed by atoms with van der Waals surface area (Å²) >= 11 is 12.0. The predicted molar refractivity (Wildman–Crippen MR) is 137 cm³/mol. The number of carbonyl (C=O) groups is 1. The van der Waals surface area contributed by atoms with Crippen molar-refractivity contribution in [2.45, 2.75) is 25.4 Å². The largest absolute Gasteiger partial charge is 0.376 e. The van der Waals surface area contributed by atoms with Crippen LogP contribution in [0.4, 0.5) is 11.6 Å². The van der Waals surface area contributed by atoms with Gasteiger partial charge in [-0.3, -0.25) is 14.6 Å². The zero-order chi connectivity index (χ0) is 24.7. The molecule has 0 saturated carbocycles. The molecule has 1 fully saturated rings. The highest BCUT2D eigenvalue weighted by atomic mass is 35.5. The molecule has 1 aromatic heterocycles. The van der Waals surface area contributed by atoms with Crippen LogP contribution in [0.1, 0.15) is 24.1 Å². The Balaban J connectivity index is 1.59. The third-order valence-corrected chi connectivity index (χ3v) is 6.15. The van der Waals surface area contributed by atoms with Gasteiger partial charge in [0.1, 0.15) is 11.4 Å². The molecule has 1 amide bonds. The number of carbonyl (C=O) groups excluding carboxylic acids is 1. The topological polar surface area (TPSA) is 117 Å². The molecule has 2 aromatic rings. The molecule has 1 aliphatic rings. The van der Waals surface area contributed by atoms with Crippen molar-refractivity contribution in [1.29, 1.82) is 5.41 Å². The summed E-state index contributed by atoms with van der Waals surface area (Å²) in [5.74, 6) is 0.252. The summed E-state index contributed by atoms with van der Waals surface area (Å²) in [6.07, 6.45) is 5.91. The standard InChI is InChI=1S/C23H29Cl2N7O2/c1-31(2)9-3-4-20(33)32-10-7-16(8-11-32)28-21-19(13-26)29-23(30-22(21)34)27-14-15-5-6-17(24)18(25)12-15/h3-6,12-13,16,26,28H,7-11,14H2,1-2H3,(H2,27,29,30,34)/b4-3+,26-13?. The van der Waals surface area contributed by atoms with Crippen molar-refractivity contribution >= 4 is 47.0 Å². The minimum absolute atomic E-state index is 0.00241. The summed E-state index contributed by atoms with van der Waals surface area (Å²) in [5.41, 5.74) is 1.00.